The number of carbonyl (C=O) groups excluding carboxylic acids is 1. The van der Waals surface area contributed by atoms with Gasteiger partial charge < -0.3 is 9.80 Å². The molecule has 0 bridgehead atoms. The molecule has 3 atom stereocenters. The van der Waals surface area contributed by atoms with Gasteiger partial charge in [-0.15, -0.1) is 0 Å². The van der Waals surface area contributed by atoms with Crippen LogP contribution in [0.5, 0.6) is 0 Å². The van der Waals surface area contributed by atoms with Crippen molar-refractivity contribution in [2.45, 2.75) is 24.7 Å². The topological polar surface area (TPSA) is 54.3 Å². The SMILES string of the molecule is C=CC(=O)N1CCC(c2cnc(N3CC(F)C(F)C3)cc2-c2ccn(C)n2)C1. The predicted molar refractivity (Wildman–Crippen MR) is 103 cm³/mol. The number of pyridine rings is 1. The van der Waals surface area contributed by atoms with Crippen LogP contribution >= 0.6 is 0 Å². The Morgan fingerprint density at radius 2 is 2.04 bits per heavy atom. The zero-order valence-corrected chi connectivity index (χ0v) is 15.8. The van der Waals surface area contributed by atoms with Crippen molar-refractivity contribution in [3.8, 4) is 11.3 Å². The number of nitrogens with zero attached hydrogens (tertiary/aromatic N) is 5. The molecule has 2 aliphatic heterocycles. The van der Waals surface area contributed by atoms with Crippen molar-refractivity contribution in [3.63, 3.8) is 0 Å². The first-order valence-electron chi connectivity index (χ1n) is 9.40. The molecule has 2 aromatic heterocycles. The van der Waals surface area contributed by atoms with E-state index in [2.05, 4.69) is 16.7 Å². The summed E-state index contributed by atoms with van der Waals surface area (Å²) in [6, 6.07) is 3.77. The molecule has 6 nitrogen and oxygen atoms in total. The Kier molecular flexibility index (Phi) is 4.87. The second kappa shape index (κ2) is 7.33. The molecule has 0 radical (unpaired) electrons. The van der Waals surface area contributed by atoms with E-state index in [0.29, 0.717) is 18.9 Å². The van der Waals surface area contributed by atoms with E-state index in [4.69, 9.17) is 0 Å². The van der Waals surface area contributed by atoms with Crippen molar-refractivity contribution in [1.29, 1.82) is 0 Å². The fraction of sp³-hybridized carbons (Fsp3) is 0.450. The lowest BCUT2D eigenvalue weighted by molar-refractivity contribution is -0.125. The van der Waals surface area contributed by atoms with E-state index in [9.17, 15) is 13.6 Å². The molecule has 2 aliphatic rings. The number of aromatic nitrogens is 3. The number of halogens is 2. The highest BCUT2D eigenvalue weighted by Gasteiger charge is 2.34. The average Bonchev–Trinajstić information content (AvgIpc) is 3.42. The first kappa shape index (κ1) is 18.6. The summed E-state index contributed by atoms with van der Waals surface area (Å²) >= 11 is 0. The number of hydrogen-bond donors (Lipinski definition) is 0. The van der Waals surface area contributed by atoms with Gasteiger partial charge in [-0.05, 0) is 30.2 Å². The molecular formula is C20H23F2N5O. The lowest BCUT2D eigenvalue weighted by Gasteiger charge is -2.20. The van der Waals surface area contributed by atoms with Gasteiger partial charge in [-0.1, -0.05) is 6.58 Å². The maximum absolute atomic E-state index is 13.7. The summed E-state index contributed by atoms with van der Waals surface area (Å²) in [5.74, 6) is 0.597. The number of likely N-dealkylation sites (tertiary alicyclic amines) is 1. The molecule has 148 valence electrons. The minimum absolute atomic E-state index is 0.000213. The third-order valence-corrected chi connectivity index (χ3v) is 5.53. The second-order valence-corrected chi connectivity index (χ2v) is 7.42. The Bertz CT molecular complexity index is 888. The molecule has 2 fully saturated rings. The summed E-state index contributed by atoms with van der Waals surface area (Å²) in [6.07, 6.45) is 2.79. The summed E-state index contributed by atoms with van der Waals surface area (Å²) in [5, 5.41) is 4.51. The molecule has 0 aromatic carbocycles. The molecule has 1 amide bonds. The molecule has 0 N–H and O–H groups in total. The second-order valence-electron chi connectivity index (χ2n) is 7.42. The zero-order valence-electron chi connectivity index (χ0n) is 15.8. The number of rotatable bonds is 4. The van der Waals surface area contributed by atoms with Crippen molar-refractivity contribution in [3.05, 3.63) is 42.7 Å². The molecule has 28 heavy (non-hydrogen) atoms. The predicted octanol–water partition coefficient (Wildman–Crippen LogP) is 2.48. The van der Waals surface area contributed by atoms with E-state index >= 15 is 0 Å². The Labute approximate surface area is 162 Å². The summed E-state index contributed by atoms with van der Waals surface area (Å²) in [6.45, 7) is 4.81. The van der Waals surface area contributed by atoms with E-state index in [1.807, 2.05) is 25.4 Å². The van der Waals surface area contributed by atoms with E-state index in [0.717, 1.165) is 23.2 Å². The van der Waals surface area contributed by atoms with Crippen LogP contribution in [0, 0.1) is 0 Å². The van der Waals surface area contributed by atoms with Crippen LogP contribution in [0.15, 0.2) is 37.2 Å². The minimum atomic E-state index is -1.49. The van der Waals surface area contributed by atoms with Gasteiger partial charge in [0.2, 0.25) is 5.91 Å². The van der Waals surface area contributed by atoms with E-state index in [1.54, 1.807) is 20.7 Å². The molecule has 8 heteroatoms. The fourth-order valence-corrected chi connectivity index (χ4v) is 3.99. The van der Waals surface area contributed by atoms with Crippen LogP contribution in [-0.2, 0) is 11.8 Å². The maximum Gasteiger partial charge on any atom is 0.245 e. The van der Waals surface area contributed by atoms with E-state index in [1.165, 1.54) is 6.08 Å². The first-order chi connectivity index (χ1) is 13.5. The van der Waals surface area contributed by atoms with Crippen LogP contribution in [-0.4, -0.2) is 64.1 Å². The van der Waals surface area contributed by atoms with Crippen LogP contribution in [0.25, 0.3) is 11.3 Å². The highest BCUT2D eigenvalue weighted by molar-refractivity contribution is 5.87. The third-order valence-electron chi connectivity index (χ3n) is 5.53. The highest BCUT2D eigenvalue weighted by atomic mass is 19.2. The molecule has 2 aromatic rings. The van der Waals surface area contributed by atoms with Gasteiger partial charge in [0, 0.05) is 44.0 Å². The van der Waals surface area contributed by atoms with Gasteiger partial charge in [0.25, 0.3) is 0 Å². The zero-order chi connectivity index (χ0) is 19.8. The Hall–Kier alpha value is -2.77. The van der Waals surface area contributed by atoms with Crippen molar-refractivity contribution in [1.82, 2.24) is 19.7 Å². The van der Waals surface area contributed by atoms with Crippen LogP contribution in [0.2, 0.25) is 0 Å². The minimum Gasteiger partial charge on any atom is -0.351 e. The Morgan fingerprint density at radius 1 is 1.29 bits per heavy atom. The largest absolute Gasteiger partial charge is 0.351 e. The quantitative estimate of drug-likeness (QED) is 0.757. The van der Waals surface area contributed by atoms with Gasteiger partial charge in [0.15, 0.2) is 12.3 Å². The van der Waals surface area contributed by atoms with E-state index < -0.39 is 12.3 Å². The lowest BCUT2D eigenvalue weighted by atomic mass is 9.93. The smallest absolute Gasteiger partial charge is 0.245 e. The Balaban J connectivity index is 1.68. The average molecular weight is 387 g/mol. The number of amides is 1. The Morgan fingerprint density at radius 3 is 2.68 bits per heavy atom. The molecule has 0 aliphatic carbocycles. The van der Waals surface area contributed by atoms with Crippen LogP contribution in [0.4, 0.5) is 14.6 Å². The van der Waals surface area contributed by atoms with Crippen molar-refractivity contribution in [2.75, 3.05) is 31.1 Å². The molecule has 0 saturated carbocycles. The summed E-state index contributed by atoms with van der Waals surface area (Å²) < 4.78 is 29.0. The van der Waals surface area contributed by atoms with Gasteiger partial charge >= 0.3 is 0 Å². The lowest BCUT2D eigenvalue weighted by Crippen LogP contribution is -2.26. The summed E-state index contributed by atoms with van der Waals surface area (Å²) in [5.41, 5.74) is 2.67. The van der Waals surface area contributed by atoms with Crippen LogP contribution in [0.1, 0.15) is 17.9 Å². The number of aryl methyl sites for hydroxylation is 1. The van der Waals surface area contributed by atoms with Gasteiger partial charge in [0.05, 0.1) is 18.8 Å². The van der Waals surface area contributed by atoms with Crippen LogP contribution in [0.3, 0.4) is 0 Å². The normalized spacial score (nSPS) is 24.8. The standard InChI is InChI=1S/C20H23F2N5O/c1-3-20(28)26-7-4-13(10-26)15-9-23-19(27-11-16(21)17(22)12-27)8-14(15)18-5-6-25(2)24-18/h3,5-6,8-9,13,16-17H,1,4,7,10-12H2,2H3. The van der Waals surface area contributed by atoms with Gasteiger partial charge in [0.1, 0.15) is 5.82 Å². The fourth-order valence-electron chi connectivity index (χ4n) is 3.99. The first-order valence-corrected chi connectivity index (χ1v) is 9.40. The molecule has 4 heterocycles. The molecule has 0 spiro atoms. The molecule has 3 unspecified atom stereocenters. The number of hydrogen-bond acceptors (Lipinski definition) is 4. The number of carbonyl (C=O) groups is 1. The summed E-state index contributed by atoms with van der Waals surface area (Å²) in [4.78, 5) is 19.8. The molecular weight excluding hydrogens is 364 g/mol. The van der Waals surface area contributed by atoms with Gasteiger partial charge in [-0.25, -0.2) is 13.8 Å². The maximum atomic E-state index is 13.7. The third kappa shape index (κ3) is 3.39. The molecule has 4 rings (SSSR count). The van der Waals surface area contributed by atoms with Crippen molar-refractivity contribution in [2.24, 2.45) is 7.05 Å². The number of anilines is 1. The summed E-state index contributed by atoms with van der Waals surface area (Å²) in [7, 11) is 1.84. The van der Waals surface area contributed by atoms with Crippen LogP contribution < -0.4 is 4.90 Å². The molecule has 2 saturated heterocycles. The van der Waals surface area contributed by atoms with Crippen molar-refractivity contribution < 1.29 is 13.6 Å². The van der Waals surface area contributed by atoms with Gasteiger partial charge in [-0.2, -0.15) is 5.10 Å². The number of alkyl halides is 2. The van der Waals surface area contributed by atoms with Gasteiger partial charge in [-0.3, -0.25) is 9.48 Å². The highest BCUT2D eigenvalue weighted by Crippen LogP contribution is 2.36. The van der Waals surface area contributed by atoms with Crippen molar-refractivity contribution >= 4 is 11.7 Å². The monoisotopic (exact) mass is 387 g/mol. The van der Waals surface area contributed by atoms with E-state index in [-0.39, 0.29) is 24.9 Å².